The third-order valence-corrected chi connectivity index (χ3v) is 3.06. The molecule has 0 aliphatic rings. The monoisotopic (exact) mass is 287 g/mol. The van der Waals surface area contributed by atoms with Gasteiger partial charge in [-0.15, -0.1) is 12.4 Å². The van der Waals surface area contributed by atoms with E-state index in [9.17, 15) is 4.79 Å². The van der Waals surface area contributed by atoms with Gasteiger partial charge in [0.05, 0.1) is 0 Å². The Morgan fingerprint density at radius 2 is 2.17 bits per heavy atom. The van der Waals surface area contributed by atoms with Crippen molar-refractivity contribution in [3.05, 3.63) is 36.0 Å². The lowest BCUT2D eigenvalue weighted by molar-refractivity contribution is -0.122. The Labute approximate surface area is 117 Å². The van der Waals surface area contributed by atoms with Crippen molar-refractivity contribution < 1.29 is 4.79 Å². The number of benzene rings is 1. The summed E-state index contributed by atoms with van der Waals surface area (Å²) < 4.78 is 0. The molecule has 1 amide bonds. The van der Waals surface area contributed by atoms with Gasteiger partial charge in [-0.3, -0.25) is 4.79 Å². The molecule has 2 aromatic rings. The number of halogens is 2. The van der Waals surface area contributed by atoms with Crippen molar-refractivity contribution in [2.75, 3.05) is 7.05 Å². The summed E-state index contributed by atoms with van der Waals surface area (Å²) in [5.41, 5.74) is 2.13. The molecule has 0 aliphatic carbocycles. The Morgan fingerprint density at radius 1 is 1.44 bits per heavy atom. The van der Waals surface area contributed by atoms with Gasteiger partial charge in [-0.05, 0) is 23.4 Å². The second-order valence-corrected chi connectivity index (χ2v) is 4.06. The first-order valence-electron chi connectivity index (χ1n) is 5.39. The number of fused-ring (bicyclic) bond motifs is 1. The van der Waals surface area contributed by atoms with E-state index in [0.717, 1.165) is 16.5 Å². The maximum Gasteiger partial charge on any atom is 0.238 e. The molecule has 6 heteroatoms. The summed E-state index contributed by atoms with van der Waals surface area (Å²) in [5, 5.41) is 3.70. The van der Waals surface area contributed by atoms with E-state index in [1.54, 1.807) is 7.05 Å². The van der Waals surface area contributed by atoms with Crippen LogP contribution < -0.4 is 10.2 Å². The van der Waals surface area contributed by atoms with Crippen molar-refractivity contribution >= 4 is 41.0 Å². The molecule has 4 nitrogen and oxygen atoms in total. The number of amides is 1. The predicted molar refractivity (Wildman–Crippen MR) is 76.1 cm³/mol. The Morgan fingerprint density at radius 3 is 2.83 bits per heavy atom. The molecule has 0 radical (unpaired) electrons. The third-order valence-electron chi connectivity index (χ3n) is 2.79. The zero-order valence-electron chi connectivity index (χ0n) is 9.87. The molecule has 0 saturated heterocycles. The average molecular weight is 288 g/mol. The van der Waals surface area contributed by atoms with E-state index in [0.29, 0.717) is 6.42 Å². The van der Waals surface area contributed by atoms with Crippen LogP contribution in [0.4, 0.5) is 0 Å². The highest BCUT2D eigenvalue weighted by molar-refractivity contribution is 6.15. The number of likely N-dealkylation sites (N-methyl/N-ethyl adjacent to an activating group) is 1. The van der Waals surface area contributed by atoms with Crippen molar-refractivity contribution in [2.45, 2.75) is 12.5 Å². The Balaban J connectivity index is 0.00000162. The van der Waals surface area contributed by atoms with Gasteiger partial charge in [0.1, 0.15) is 6.04 Å². The molecule has 0 saturated carbocycles. The van der Waals surface area contributed by atoms with Gasteiger partial charge in [-0.1, -0.05) is 18.2 Å². The SMILES string of the molecule is CNC(=O)[C@H](Cc1c[nH]c2ccccc12)NCl.Cl. The molecule has 0 aliphatic heterocycles. The van der Waals surface area contributed by atoms with Crippen LogP contribution in [0.25, 0.3) is 10.9 Å². The van der Waals surface area contributed by atoms with Gasteiger partial charge in [0.2, 0.25) is 5.91 Å². The van der Waals surface area contributed by atoms with E-state index in [2.05, 4.69) is 15.1 Å². The highest BCUT2D eigenvalue weighted by Crippen LogP contribution is 2.19. The van der Waals surface area contributed by atoms with Crippen LogP contribution >= 0.6 is 24.2 Å². The minimum atomic E-state index is -0.430. The van der Waals surface area contributed by atoms with Crippen molar-refractivity contribution in [1.82, 2.24) is 15.1 Å². The lowest BCUT2D eigenvalue weighted by Gasteiger charge is -2.12. The van der Waals surface area contributed by atoms with Crippen molar-refractivity contribution in [3.8, 4) is 0 Å². The molecule has 0 fully saturated rings. The summed E-state index contributed by atoms with van der Waals surface area (Å²) in [6.07, 6.45) is 2.46. The fourth-order valence-corrected chi connectivity index (χ4v) is 2.05. The number of hydrogen-bond acceptors (Lipinski definition) is 2. The molecule has 98 valence electrons. The average Bonchev–Trinajstić information content (AvgIpc) is 2.78. The van der Waals surface area contributed by atoms with Crippen LogP contribution in [0, 0.1) is 0 Å². The zero-order valence-corrected chi connectivity index (χ0v) is 11.4. The molecule has 3 N–H and O–H groups in total. The van der Waals surface area contributed by atoms with E-state index in [1.165, 1.54) is 0 Å². The number of para-hydroxylation sites is 1. The predicted octanol–water partition coefficient (Wildman–Crippen LogP) is 1.99. The van der Waals surface area contributed by atoms with Gasteiger partial charge < -0.3 is 10.3 Å². The van der Waals surface area contributed by atoms with Gasteiger partial charge in [0.25, 0.3) is 0 Å². The smallest absolute Gasteiger partial charge is 0.238 e. The fraction of sp³-hybridized carbons (Fsp3) is 0.250. The number of H-pyrrole nitrogens is 1. The number of carbonyl (C=O) groups is 1. The quantitative estimate of drug-likeness (QED) is 0.754. The molecule has 1 aromatic heterocycles. The fourth-order valence-electron chi connectivity index (χ4n) is 1.88. The molecule has 1 aromatic carbocycles. The lowest BCUT2D eigenvalue weighted by Crippen LogP contribution is -2.40. The number of hydrogen-bond donors (Lipinski definition) is 3. The molecule has 2 rings (SSSR count). The third kappa shape index (κ3) is 2.96. The molecule has 1 atom stereocenters. The number of aromatic amines is 1. The molecule has 0 bridgehead atoms. The van der Waals surface area contributed by atoms with E-state index in [1.807, 2.05) is 30.5 Å². The van der Waals surface area contributed by atoms with Crippen LogP contribution in [-0.4, -0.2) is 24.0 Å². The first-order valence-corrected chi connectivity index (χ1v) is 5.76. The van der Waals surface area contributed by atoms with Crippen LogP contribution in [0.2, 0.25) is 0 Å². The standard InChI is InChI=1S/C12H14ClN3O.ClH/c1-14-12(17)11(16-13)6-8-7-15-10-5-3-2-4-9(8)10;/h2-5,7,11,15-16H,6H2,1H3,(H,14,17);1H/t11-;/m0./s1. The van der Waals surface area contributed by atoms with E-state index >= 15 is 0 Å². The van der Waals surface area contributed by atoms with E-state index in [4.69, 9.17) is 11.8 Å². The highest BCUT2D eigenvalue weighted by atomic mass is 35.5. The topological polar surface area (TPSA) is 56.9 Å². The van der Waals surface area contributed by atoms with Crippen LogP contribution in [0.3, 0.4) is 0 Å². The lowest BCUT2D eigenvalue weighted by atomic mass is 10.1. The zero-order chi connectivity index (χ0) is 12.3. The summed E-state index contributed by atoms with van der Waals surface area (Å²) in [6.45, 7) is 0. The molecular formula is C12H15Cl2N3O. The van der Waals surface area contributed by atoms with Crippen molar-refractivity contribution in [2.24, 2.45) is 0 Å². The van der Waals surface area contributed by atoms with Gasteiger partial charge in [-0.2, -0.15) is 0 Å². The summed E-state index contributed by atoms with van der Waals surface area (Å²) in [4.78, 5) is 17.2. The maximum atomic E-state index is 11.5. The van der Waals surface area contributed by atoms with Crippen LogP contribution in [0.15, 0.2) is 30.5 Å². The van der Waals surface area contributed by atoms with E-state index in [-0.39, 0.29) is 18.3 Å². The number of carbonyl (C=O) groups excluding carboxylic acids is 1. The Hall–Kier alpha value is -1.23. The second-order valence-electron chi connectivity index (χ2n) is 3.84. The Kier molecular flexibility index (Phi) is 5.47. The summed E-state index contributed by atoms with van der Waals surface area (Å²) in [6, 6.07) is 7.54. The molecular weight excluding hydrogens is 273 g/mol. The van der Waals surface area contributed by atoms with Crippen LogP contribution in [0.1, 0.15) is 5.56 Å². The number of rotatable bonds is 4. The normalized spacial score (nSPS) is 11.9. The van der Waals surface area contributed by atoms with Crippen molar-refractivity contribution in [3.63, 3.8) is 0 Å². The summed E-state index contributed by atoms with van der Waals surface area (Å²) in [7, 11) is 1.60. The number of aromatic nitrogens is 1. The van der Waals surface area contributed by atoms with Gasteiger partial charge in [0, 0.05) is 30.6 Å². The Bertz CT molecular complexity index is 527. The minimum absolute atomic E-state index is 0. The van der Waals surface area contributed by atoms with Crippen LogP contribution in [-0.2, 0) is 11.2 Å². The molecule has 0 spiro atoms. The van der Waals surface area contributed by atoms with E-state index < -0.39 is 6.04 Å². The number of nitrogens with one attached hydrogen (secondary N) is 3. The summed E-state index contributed by atoms with van der Waals surface area (Å²) >= 11 is 5.59. The second kappa shape index (κ2) is 6.64. The first-order chi connectivity index (χ1) is 8.26. The summed E-state index contributed by atoms with van der Waals surface area (Å²) in [5.74, 6) is -0.120. The van der Waals surface area contributed by atoms with Gasteiger partial charge >= 0.3 is 0 Å². The minimum Gasteiger partial charge on any atom is -0.361 e. The van der Waals surface area contributed by atoms with Crippen molar-refractivity contribution in [1.29, 1.82) is 0 Å². The first kappa shape index (κ1) is 14.8. The largest absolute Gasteiger partial charge is 0.361 e. The molecule has 0 unspecified atom stereocenters. The maximum absolute atomic E-state index is 11.5. The van der Waals surface area contributed by atoms with Crippen LogP contribution in [0.5, 0.6) is 0 Å². The molecule has 1 heterocycles. The van der Waals surface area contributed by atoms with Gasteiger partial charge in [0.15, 0.2) is 0 Å². The molecule has 18 heavy (non-hydrogen) atoms. The highest BCUT2D eigenvalue weighted by Gasteiger charge is 2.17. The van der Waals surface area contributed by atoms with Gasteiger partial charge in [-0.25, -0.2) is 4.84 Å².